The molecule has 2 aromatic rings. The van der Waals surface area contributed by atoms with E-state index in [4.69, 9.17) is 9.47 Å². The second-order valence-electron chi connectivity index (χ2n) is 6.81. The molecule has 166 valence electrons. The number of nitro benzene ring substituents is 1. The third-order valence-electron chi connectivity index (χ3n) is 4.49. The van der Waals surface area contributed by atoms with Gasteiger partial charge in [0.05, 0.1) is 24.2 Å². The van der Waals surface area contributed by atoms with Crippen molar-refractivity contribution in [3.8, 4) is 11.5 Å². The highest BCUT2D eigenvalue weighted by atomic mass is 16.6. The predicted molar refractivity (Wildman–Crippen MR) is 115 cm³/mol. The molecule has 0 bridgehead atoms. The Balaban J connectivity index is 2.03. The van der Waals surface area contributed by atoms with Crippen LogP contribution in [0.25, 0.3) is 0 Å². The van der Waals surface area contributed by atoms with Crippen molar-refractivity contribution in [3.05, 3.63) is 63.7 Å². The largest absolute Gasteiger partial charge is 0.490 e. The third kappa shape index (κ3) is 6.43. The van der Waals surface area contributed by atoms with Crippen LogP contribution >= 0.6 is 0 Å². The average Bonchev–Trinajstić information content (AvgIpc) is 2.75. The predicted octanol–water partition coefficient (Wildman–Crippen LogP) is 3.39. The van der Waals surface area contributed by atoms with Crippen LogP contribution in [0.3, 0.4) is 0 Å². The van der Waals surface area contributed by atoms with E-state index in [0.29, 0.717) is 24.7 Å². The lowest BCUT2D eigenvalue weighted by Gasteiger charge is -2.20. The Hall–Kier alpha value is -3.62. The van der Waals surface area contributed by atoms with Crippen LogP contribution in [0.5, 0.6) is 11.5 Å². The van der Waals surface area contributed by atoms with Gasteiger partial charge in [-0.25, -0.2) is 0 Å². The Labute approximate surface area is 180 Å². The Bertz CT molecular complexity index is 947. The maximum absolute atomic E-state index is 12.6. The number of nitrogens with zero attached hydrogens (tertiary/aromatic N) is 1. The zero-order valence-electron chi connectivity index (χ0n) is 18.0. The summed E-state index contributed by atoms with van der Waals surface area (Å²) >= 11 is 0. The van der Waals surface area contributed by atoms with Crippen molar-refractivity contribution in [1.29, 1.82) is 0 Å². The molecule has 2 aromatic carbocycles. The number of hydrogen-bond donors (Lipinski definition) is 2. The molecule has 2 atom stereocenters. The fraction of sp³-hybridized carbons (Fsp3) is 0.364. The monoisotopic (exact) mass is 429 g/mol. The van der Waals surface area contributed by atoms with E-state index in [9.17, 15) is 19.7 Å². The first-order valence-electron chi connectivity index (χ1n) is 10.0. The summed E-state index contributed by atoms with van der Waals surface area (Å²) < 4.78 is 11.2. The van der Waals surface area contributed by atoms with Crippen molar-refractivity contribution in [2.45, 2.75) is 39.8 Å². The molecule has 0 spiro atoms. The smallest absolute Gasteiger partial charge is 0.270 e. The molecule has 9 nitrogen and oxygen atoms in total. The third-order valence-corrected chi connectivity index (χ3v) is 4.49. The summed E-state index contributed by atoms with van der Waals surface area (Å²) in [6.45, 7) is 8.10. The number of non-ortho nitro benzene ring substituents is 1. The molecule has 0 saturated heterocycles. The van der Waals surface area contributed by atoms with Crippen LogP contribution in [-0.2, 0) is 4.79 Å². The standard InChI is InChI=1S/C22H27N3O6/c1-5-30-19-11-10-16(13-20(19)31-6-2)14(3)23-21(26)15(4)24-22(27)17-8-7-9-18(12-17)25(28)29/h7-15H,5-6H2,1-4H3,(H,23,26)(H,24,27). The molecule has 0 fully saturated rings. The van der Waals surface area contributed by atoms with Crippen LogP contribution in [0, 0.1) is 10.1 Å². The van der Waals surface area contributed by atoms with Gasteiger partial charge in [-0.15, -0.1) is 0 Å². The summed E-state index contributed by atoms with van der Waals surface area (Å²) in [6, 6.07) is 9.57. The lowest BCUT2D eigenvalue weighted by Crippen LogP contribution is -2.45. The summed E-state index contributed by atoms with van der Waals surface area (Å²) in [6.07, 6.45) is 0. The zero-order chi connectivity index (χ0) is 23.0. The normalized spacial score (nSPS) is 12.4. The van der Waals surface area contributed by atoms with Gasteiger partial charge in [0.2, 0.25) is 5.91 Å². The molecule has 0 aliphatic heterocycles. The SMILES string of the molecule is CCOc1ccc(C(C)NC(=O)C(C)NC(=O)c2cccc([N+](=O)[O-])c2)cc1OCC. The molecule has 0 aliphatic carbocycles. The minimum atomic E-state index is -0.844. The molecule has 2 unspecified atom stereocenters. The van der Waals surface area contributed by atoms with Gasteiger partial charge in [-0.05, 0) is 51.5 Å². The number of carbonyl (C=O) groups is 2. The summed E-state index contributed by atoms with van der Waals surface area (Å²) in [4.78, 5) is 35.2. The molecule has 9 heteroatoms. The summed E-state index contributed by atoms with van der Waals surface area (Å²) in [5.41, 5.74) is 0.728. The molecular weight excluding hydrogens is 402 g/mol. The highest BCUT2D eigenvalue weighted by Gasteiger charge is 2.20. The Kier molecular flexibility index (Phi) is 8.36. The first kappa shape index (κ1) is 23.7. The lowest BCUT2D eigenvalue weighted by atomic mass is 10.1. The molecule has 2 N–H and O–H groups in total. The van der Waals surface area contributed by atoms with Crippen LogP contribution in [0.15, 0.2) is 42.5 Å². The molecular formula is C22H27N3O6. The van der Waals surface area contributed by atoms with Crippen molar-refractivity contribution in [2.24, 2.45) is 0 Å². The molecule has 0 heterocycles. The number of amides is 2. The first-order chi connectivity index (χ1) is 14.8. The van der Waals surface area contributed by atoms with E-state index in [0.717, 1.165) is 11.6 Å². The van der Waals surface area contributed by atoms with E-state index in [-0.39, 0.29) is 17.3 Å². The number of carbonyl (C=O) groups excluding carboxylic acids is 2. The topological polar surface area (TPSA) is 120 Å². The van der Waals surface area contributed by atoms with Crippen molar-refractivity contribution in [1.82, 2.24) is 10.6 Å². The highest BCUT2D eigenvalue weighted by Crippen LogP contribution is 2.30. The zero-order valence-corrected chi connectivity index (χ0v) is 18.0. The van der Waals surface area contributed by atoms with E-state index < -0.39 is 22.8 Å². The van der Waals surface area contributed by atoms with Crippen LogP contribution in [0.1, 0.15) is 49.7 Å². The summed E-state index contributed by atoms with van der Waals surface area (Å²) in [5.74, 6) is 0.260. The van der Waals surface area contributed by atoms with Gasteiger partial charge in [0.15, 0.2) is 11.5 Å². The number of nitro groups is 1. The van der Waals surface area contributed by atoms with E-state index in [1.165, 1.54) is 18.2 Å². The second-order valence-corrected chi connectivity index (χ2v) is 6.81. The van der Waals surface area contributed by atoms with Gasteiger partial charge in [0, 0.05) is 17.7 Å². The van der Waals surface area contributed by atoms with Crippen molar-refractivity contribution in [2.75, 3.05) is 13.2 Å². The van der Waals surface area contributed by atoms with Crippen LogP contribution in [0.4, 0.5) is 5.69 Å². The Morgan fingerprint density at radius 2 is 1.68 bits per heavy atom. The average molecular weight is 429 g/mol. The first-order valence-corrected chi connectivity index (χ1v) is 10.0. The summed E-state index contributed by atoms with van der Waals surface area (Å²) in [5, 5.41) is 16.3. The van der Waals surface area contributed by atoms with E-state index in [1.807, 2.05) is 32.9 Å². The fourth-order valence-electron chi connectivity index (χ4n) is 2.86. The van der Waals surface area contributed by atoms with Crippen LogP contribution in [-0.4, -0.2) is 36.0 Å². The number of nitrogens with one attached hydrogen (secondary N) is 2. The molecule has 2 amide bonds. The number of benzene rings is 2. The maximum atomic E-state index is 12.6. The van der Waals surface area contributed by atoms with Crippen molar-refractivity contribution < 1.29 is 24.0 Å². The second kappa shape index (κ2) is 11.0. The molecule has 0 aliphatic rings. The molecule has 31 heavy (non-hydrogen) atoms. The Morgan fingerprint density at radius 3 is 2.32 bits per heavy atom. The van der Waals surface area contributed by atoms with Gasteiger partial charge in [-0.3, -0.25) is 19.7 Å². The number of ether oxygens (including phenoxy) is 2. The highest BCUT2D eigenvalue weighted by molar-refractivity contribution is 5.97. The van der Waals surface area contributed by atoms with Gasteiger partial charge in [-0.2, -0.15) is 0 Å². The van der Waals surface area contributed by atoms with E-state index in [2.05, 4.69) is 10.6 Å². The number of rotatable bonds is 10. The maximum Gasteiger partial charge on any atom is 0.270 e. The van der Waals surface area contributed by atoms with Crippen molar-refractivity contribution in [3.63, 3.8) is 0 Å². The molecule has 2 rings (SSSR count). The Morgan fingerprint density at radius 1 is 1.00 bits per heavy atom. The number of hydrogen-bond acceptors (Lipinski definition) is 6. The minimum absolute atomic E-state index is 0.106. The quantitative estimate of drug-likeness (QED) is 0.441. The fourth-order valence-corrected chi connectivity index (χ4v) is 2.86. The summed E-state index contributed by atoms with van der Waals surface area (Å²) in [7, 11) is 0. The van der Waals surface area contributed by atoms with Crippen LogP contribution in [0.2, 0.25) is 0 Å². The van der Waals surface area contributed by atoms with Gasteiger partial charge in [-0.1, -0.05) is 12.1 Å². The molecule has 0 saturated carbocycles. The minimum Gasteiger partial charge on any atom is -0.490 e. The van der Waals surface area contributed by atoms with Crippen molar-refractivity contribution >= 4 is 17.5 Å². The van der Waals surface area contributed by atoms with E-state index >= 15 is 0 Å². The van der Waals surface area contributed by atoms with Crippen LogP contribution < -0.4 is 20.1 Å². The lowest BCUT2D eigenvalue weighted by molar-refractivity contribution is -0.384. The van der Waals surface area contributed by atoms with Gasteiger partial charge in [0.25, 0.3) is 11.6 Å². The van der Waals surface area contributed by atoms with Gasteiger partial charge >= 0.3 is 0 Å². The molecule has 0 radical (unpaired) electrons. The van der Waals surface area contributed by atoms with Gasteiger partial charge < -0.3 is 20.1 Å². The molecule has 0 aromatic heterocycles. The van der Waals surface area contributed by atoms with Gasteiger partial charge in [0.1, 0.15) is 6.04 Å². The van der Waals surface area contributed by atoms with E-state index in [1.54, 1.807) is 13.0 Å².